The van der Waals surface area contributed by atoms with Gasteiger partial charge in [0.2, 0.25) is 0 Å². The van der Waals surface area contributed by atoms with Gasteiger partial charge in [-0.05, 0) is 19.8 Å². The summed E-state index contributed by atoms with van der Waals surface area (Å²) in [6.45, 7) is 2.02. The highest BCUT2D eigenvalue weighted by molar-refractivity contribution is 5.17. The summed E-state index contributed by atoms with van der Waals surface area (Å²) in [5.74, 6) is 0. The van der Waals surface area contributed by atoms with Crippen molar-refractivity contribution in [3.8, 4) is 6.01 Å². The number of aryl methyl sites for hydroxylation is 1. The summed E-state index contributed by atoms with van der Waals surface area (Å²) >= 11 is 0. The SMILES string of the molecule is Cc1nc(OCCC(F)(F)F)ncc1CNC1CC1. The molecule has 0 bridgehead atoms. The molecule has 1 aromatic rings. The second-order valence-corrected chi connectivity index (χ2v) is 4.63. The summed E-state index contributed by atoms with van der Waals surface area (Å²) in [7, 11) is 0. The van der Waals surface area contributed by atoms with E-state index in [-0.39, 0.29) is 6.01 Å². The number of rotatable bonds is 6. The van der Waals surface area contributed by atoms with Crippen LogP contribution in [0.15, 0.2) is 6.20 Å². The lowest BCUT2D eigenvalue weighted by Gasteiger charge is -2.09. The highest BCUT2D eigenvalue weighted by Crippen LogP contribution is 2.21. The van der Waals surface area contributed by atoms with E-state index in [9.17, 15) is 13.2 Å². The van der Waals surface area contributed by atoms with Crippen molar-refractivity contribution < 1.29 is 17.9 Å². The molecule has 0 spiro atoms. The van der Waals surface area contributed by atoms with E-state index in [0.29, 0.717) is 12.6 Å². The molecule has 7 heteroatoms. The van der Waals surface area contributed by atoms with Crippen LogP contribution >= 0.6 is 0 Å². The lowest BCUT2D eigenvalue weighted by Crippen LogP contribution is -2.17. The maximum Gasteiger partial charge on any atom is 0.392 e. The molecule has 0 radical (unpaired) electrons. The molecule has 0 aromatic carbocycles. The molecular formula is C12H16F3N3O. The van der Waals surface area contributed by atoms with Gasteiger partial charge >= 0.3 is 12.2 Å². The molecular weight excluding hydrogens is 259 g/mol. The third kappa shape index (κ3) is 5.02. The van der Waals surface area contributed by atoms with Crippen molar-refractivity contribution in [1.82, 2.24) is 15.3 Å². The van der Waals surface area contributed by atoms with Crippen LogP contribution in [0.2, 0.25) is 0 Å². The molecule has 19 heavy (non-hydrogen) atoms. The van der Waals surface area contributed by atoms with Crippen molar-refractivity contribution in [2.45, 2.75) is 44.9 Å². The number of alkyl halides is 3. The number of nitrogens with one attached hydrogen (secondary N) is 1. The molecule has 1 aliphatic rings. The molecule has 1 fully saturated rings. The minimum atomic E-state index is -4.22. The molecule has 1 saturated carbocycles. The number of hydrogen-bond donors (Lipinski definition) is 1. The van der Waals surface area contributed by atoms with Crippen molar-refractivity contribution in [3.63, 3.8) is 0 Å². The number of nitrogens with zero attached hydrogens (tertiary/aromatic N) is 2. The molecule has 1 aliphatic carbocycles. The van der Waals surface area contributed by atoms with E-state index in [2.05, 4.69) is 15.3 Å². The molecule has 4 nitrogen and oxygen atoms in total. The van der Waals surface area contributed by atoms with E-state index >= 15 is 0 Å². The van der Waals surface area contributed by atoms with Gasteiger partial charge in [0, 0.05) is 30.0 Å². The fraction of sp³-hybridized carbons (Fsp3) is 0.667. The van der Waals surface area contributed by atoms with Gasteiger partial charge in [-0.1, -0.05) is 0 Å². The third-order valence-electron chi connectivity index (χ3n) is 2.83. The van der Waals surface area contributed by atoms with Gasteiger partial charge in [0.05, 0.1) is 6.42 Å². The number of hydrogen-bond acceptors (Lipinski definition) is 4. The first-order chi connectivity index (χ1) is 8.94. The van der Waals surface area contributed by atoms with Crippen molar-refractivity contribution >= 4 is 0 Å². The number of halogens is 3. The molecule has 0 aliphatic heterocycles. The number of aromatic nitrogens is 2. The fourth-order valence-electron chi connectivity index (χ4n) is 1.51. The highest BCUT2D eigenvalue weighted by Gasteiger charge is 2.27. The summed E-state index contributed by atoms with van der Waals surface area (Å²) < 4.78 is 40.8. The van der Waals surface area contributed by atoms with Gasteiger partial charge in [0.15, 0.2) is 0 Å². The van der Waals surface area contributed by atoms with Crippen LogP contribution in [-0.4, -0.2) is 28.8 Å². The Kier molecular flexibility index (Phi) is 4.24. The monoisotopic (exact) mass is 275 g/mol. The average molecular weight is 275 g/mol. The Morgan fingerprint density at radius 1 is 1.42 bits per heavy atom. The maximum atomic E-state index is 12.0. The lowest BCUT2D eigenvalue weighted by molar-refractivity contribution is -0.139. The average Bonchev–Trinajstić information content (AvgIpc) is 3.10. The normalized spacial score (nSPS) is 15.6. The minimum absolute atomic E-state index is 0.00285. The van der Waals surface area contributed by atoms with Crippen LogP contribution in [0.5, 0.6) is 6.01 Å². The fourth-order valence-corrected chi connectivity index (χ4v) is 1.51. The molecule has 1 N–H and O–H groups in total. The van der Waals surface area contributed by atoms with E-state index < -0.39 is 19.2 Å². The van der Waals surface area contributed by atoms with Crippen LogP contribution in [-0.2, 0) is 6.54 Å². The quantitative estimate of drug-likeness (QED) is 0.865. The Morgan fingerprint density at radius 2 is 2.16 bits per heavy atom. The van der Waals surface area contributed by atoms with E-state index in [1.807, 2.05) is 0 Å². The first-order valence-electron chi connectivity index (χ1n) is 6.19. The molecule has 0 unspecified atom stereocenters. The van der Waals surface area contributed by atoms with E-state index in [1.54, 1.807) is 13.1 Å². The molecule has 2 rings (SSSR count). The molecule has 0 amide bonds. The van der Waals surface area contributed by atoms with Crippen LogP contribution in [0.25, 0.3) is 0 Å². The maximum absolute atomic E-state index is 12.0. The Morgan fingerprint density at radius 3 is 2.74 bits per heavy atom. The molecule has 1 heterocycles. The second-order valence-electron chi connectivity index (χ2n) is 4.63. The zero-order valence-electron chi connectivity index (χ0n) is 10.6. The number of ether oxygens (including phenoxy) is 1. The van der Waals surface area contributed by atoms with E-state index in [1.165, 1.54) is 12.8 Å². The van der Waals surface area contributed by atoms with Crippen LogP contribution < -0.4 is 10.1 Å². The van der Waals surface area contributed by atoms with Crippen molar-refractivity contribution in [2.75, 3.05) is 6.61 Å². The van der Waals surface area contributed by atoms with Crippen LogP contribution in [0.4, 0.5) is 13.2 Å². The third-order valence-corrected chi connectivity index (χ3v) is 2.83. The first kappa shape index (κ1) is 14.0. The Bertz CT molecular complexity index is 433. The summed E-state index contributed by atoms with van der Waals surface area (Å²) in [4.78, 5) is 7.97. The van der Waals surface area contributed by atoms with Gasteiger partial charge < -0.3 is 10.1 Å². The smallest absolute Gasteiger partial charge is 0.392 e. The first-order valence-corrected chi connectivity index (χ1v) is 6.19. The predicted octanol–water partition coefficient (Wildman–Crippen LogP) is 2.37. The van der Waals surface area contributed by atoms with Crippen LogP contribution in [0.1, 0.15) is 30.5 Å². The summed E-state index contributed by atoms with van der Waals surface area (Å²) in [6.07, 6.45) is -1.23. The van der Waals surface area contributed by atoms with Crippen LogP contribution in [0, 0.1) is 6.92 Å². The van der Waals surface area contributed by atoms with Gasteiger partial charge in [-0.2, -0.15) is 13.2 Å². The molecule has 1 aromatic heterocycles. The summed E-state index contributed by atoms with van der Waals surface area (Å²) in [6, 6.07) is 0.582. The zero-order valence-corrected chi connectivity index (χ0v) is 10.6. The zero-order chi connectivity index (χ0) is 13.9. The predicted molar refractivity (Wildman–Crippen MR) is 62.8 cm³/mol. The van der Waals surface area contributed by atoms with Gasteiger partial charge in [0.1, 0.15) is 6.61 Å². The largest absolute Gasteiger partial charge is 0.463 e. The Hall–Kier alpha value is -1.37. The van der Waals surface area contributed by atoms with Crippen LogP contribution in [0.3, 0.4) is 0 Å². The second kappa shape index (κ2) is 5.73. The molecule has 106 valence electrons. The standard InChI is InChI=1S/C12H16F3N3O/c1-8-9(6-16-10-2-3-10)7-17-11(18-8)19-5-4-12(13,14)15/h7,10,16H,2-6H2,1H3. The van der Waals surface area contributed by atoms with Crippen molar-refractivity contribution in [2.24, 2.45) is 0 Å². The Labute approximate surface area is 109 Å². The van der Waals surface area contributed by atoms with Gasteiger partial charge in [-0.15, -0.1) is 0 Å². The van der Waals surface area contributed by atoms with Crippen molar-refractivity contribution in [1.29, 1.82) is 0 Å². The molecule has 0 atom stereocenters. The lowest BCUT2D eigenvalue weighted by atomic mass is 10.2. The van der Waals surface area contributed by atoms with E-state index in [0.717, 1.165) is 11.3 Å². The topological polar surface area (TPSA) is 47.0 Å². The van der Waals surface area contributed by atoms with Gasteiger partial charge in [0.25, 0.3) is 0 Å². The highest BCUT2D eigenvalue weighted by atomic mass is 19.4. The van der Waals surface area contributed by atoms with Crippen molar-refractivity contribution in [3.05, 3.63) is 17.5 Å². The summed E-state index contributed by atoms with van der Waals surface area (Å²) in [5, 5.41) is 3.33. The van der Waals surface area contributed by atoms with Gasteiger partial charge in [-0.25, -0.2) is 9.97 Å². The summed E-state index contributed by atoms with van der Waals surface area (Å²) in [5.41, 5.74) is 1.67. The Balaban J connectivity index is 1.83. The minimum Gasteiger partial charge on any atom is -0.463 e. The van der Waals surface area contributed by atoms with E-state index in [4.69, 9.17) is 4.74 Å². The molecule has 0 saturated heterocycles. The van der Waals surface area contributed by atoms with Gasteiger partial charge in [-0.3, -0.25) is 0 Å².